The topological polar surface area (TPSA) is 108 Å². The van der Waals surface area contributed by atoms with Crippen LogP contribution in [0.2, 0.25) is 10.0 Å². The van der Waals surface area contributed by atoms with Crippen LogP contribution in [0.4, 0.5) is 20.9 Å². The second-order valence-corrected chi connectivity index (χ2v) is 9.24. The third-order valence-corrected chi connectivity index (χ3v) is 6.19. The Morgan fingerprint density at radius 1 is 0.912 bits per heavy atom. The van der Waals surface area contributed by atoms with Crippen molar-refractivity contribution in [3.8, 4) is 5.75 Å². The smallest absolute Gasteiger partial charge is 0.332 e. The number of benzene rings is 4. The van der Waals surface area contributed by atoms with Gasteiger partial charge in [0.2, 0.25) is 0 Å². The summed E-state index contributed by atoms with van der Waals surface area (Å²) in [5, 5.41) is 23.3. The van der Waals surface area contributed by atoms with E-state index in [0.717, 1.165) is 12.1 Å². The molecular weight excluding hydrogens is 504 g/mol. The lowest BCUT2D eigenvalue weighted by molar-refractivity contribution is 0.102. The summed E-state index contributed by atoms with van der Waals surface area (Å²) in [4.78, 5) is 12.6. The number of amides is 1. The third kappa shape index (κ3) is 5.01. The number of anilines is 1. The number of aromatic hydroxyl groups is 1. The molecule has 1 amide bonds. The number of azo groups is 1. The first-order valence-corrected chi connectivity index (χ1v) is 11.7. The highest BCUT2D eigenvalue weighted by Gasteiger charge is 2.21. The summed E-state index contributed by atoms with van der Waals surface area (Å²) < 4.78 is 35.1. The van der Waals surface area contributed by atoms with Crippen molar-refractivity contribution in [2.75, 3.05) is 5.32 Å². The lowest BCUT2D eigenvalue weighted by Crippen LogP contribution is -2.12. The number of carbonyl (C=O) groups is 1. The van der Waals surface area contributed by atoms with Crippen LogP contribution in [-0.2, 0) is 10.2 Å². The van der Waals surface area contributed by atoms with Crippen LogP contribution in [0, 0.1) is 0 Å². The first kappa shape index (κ1) is 23.6. The minimum Gasteiger partial charge on any atom is -0.506 e. The van der Waals surface area contributed by atoms with E-state index in [-0.39, 0.29) is 33.4 Å². The van der Waals surface area contributed by atoms with E-state index in [1.54, 1.807) is 42.5 Å². The molecule has 0 radical (unpaired) electrons. The molecule has 7 nitrogen and oxygen atoms in total. The van der Waals surface area contributed by atoms with Crippen LogP contribution in [0.25, 0.3) is 10.8 Å². The molecule has 0 spiro atoms. The number of nitrogens with one attached hydrogen (secondary N) is 1. The van der Waals surface area contributed by atoms with Gasteiger partial charge in [0.15, 0.2) is 0 Å². The molecule has 0 bridgehead atoms. The van der Waals surface area contributed by atoms with E-state index in [4.69, 9.17) is 23.2 Å². The molecular formula is C23H14Cl2FN3O4S. The quantitative estimate of drug-likeness (QED) is 0.216. The monoisotopic (exact) mass is 517 g/mol. The van der Waals surface area contributed by atoms with Gasteiger partial charge in [-0.3, -0.25) is 4.79 Å². The van der Waals surface area contributed by atoms with Gasteiger partial charge in [-0.1, -0.05) is 47.5 Å². The van der Waals surface area contributed by atoms with Crippen molar-refractivity contribution in [3.05, 3.63) is 88.4 Å². The molecule has 0 unspecified atom stereocenters. The van der Waals surface area contributed by atoms with Crippen molar-refractivity contribution in [1.82, 2.24) is 0 Å². The number of halogens is 3. The molecule has 0 fully saturated rings. The lowest BCUT2D eigenvalue weighted by atomic mass is 10.0. The normalized spacial score (nSPS) is 11.7. The van der Waals surface area contributed by atoms with Crippen molar-refractivity contribution in [1.29, 1.82) is 0 Å². The number of nitrogens with zero attached hydrogens (tertiary/aromatic N) is 2. The Hall–Kier alpha value is -3.53. The molecule has 2 N–H and O–H groups in total. The van der Waals surface area contributed by atoms with E-state index in [1.165, 1.54) is 18.2 Å². The van der Waals surface area contributed by atoms with E-state index in [2.05, 4.69) is 15.5 Å². The Kier molecular flexibility index (Phi) is 6.52. The third-order valence-electron chi connectivity index (χ3n) is 4.80. The molecule has 172 valence electrons. The number of hydrogen-bond acceptors (Lipinski definition) is 6. The zero-order valence-electron chi connectivity index (χ0n) is 17.0. The van der Waals surface area contributed by atoms with Gasteiger partial charge in [-0.25, -0.2) is 0 Å². The van der Waals surface area contributed by atoms with E-state index >= 15 is 0 Å². The largest absolute Gasteiger partial charge is 0.506 e. The predicted molar refractivity (Wildman–Crippen MR) is 129 cm³/mol. The Bertz CT molecular complexity index is 1560. The molecule has 0 saturated carbocycles. The number of fused-ring (bicyclic) bond motifs is 1. The molecule has 4 rings (SSSR count). The minimum absolute atomic E-state index is 0.0488. The van der Waals surface area contributed by atoms with Crippen LogP contribution >= 0.6 is 23.2 Å². The van der Waals surface area contributed by atoms with Gasteiger partial charge in [0, 0.05) is 16.1 Å². The molecule has 4 aromatic rings. The summed E-state index contributed by atoms with van der Waals surface area (Å²) in [6, 6.07) is 17.5. The minimum atomic E-state index is -4.88. The van der Waals surface area contributed by atoms with Crippen molar-refractivity contribution >= 4 is 67.2 Å². The second kappa shape index (κ2) is 9.38. The number of hydrogen-bond donors (Lipinski definition) is 2. The van der Waals surface area contributed by atoms with Crippen LogP contribution in [0.5, 0.6) is 5.75 Å². The van der Waals surface area contributed by atoms with E-state index in [0.29, 0.717) is 15.8 Å². The summed E-state index contributed by atoms with van der Waals surface area (Å²) >= 11 is 12.1. The fraction of sp³-hybridized carbons (Fsp3) is 0. The summed E-state index contributed by atoms with van der Waals surface area (Å²) in [5.74, 6) is -1.07. The van der Waals surface area contributed by atoms with Crippen LogP contribution in [0.1, 0.15) is 10.4 Å². The Morgan fingerprint density at radius 2 is 1.59 bits per heavy atom. The standard InChI is InChI=1S/C23H14Cl2FN3O4S/c24-14-5-10-18(25)19(12-14)28-29-20-11-13-3-1-2-4-17(13)22(30)21(20)23(31)27-15-6-8-16(9-7-15)34(26,32)33/h1-12,30H,(H,27,31). The average molecular weight is 518 g/mol. The molecule has 0 aliphatic heterocycles. The predicted octanol–water partition coefficient (Wildman–Crippen LogP) is 7.18. The van der Waals surface area contributed by atoms with Crippen LogP contribution in [0.3, 0.4) is 0 Å². The zero-order valence-corrected chi connectivity index (χ0v) is 19.4. The second-order valence-electron chi connectivity index (χ2n) is 7.05. The highest BCUT2D eigenvalue weighted by molar-refractivity contribution is 7.86. The van der Waals surface area contributed by atoms with Crippen LogP contribution < -0.4 is 5.32 Å². The van der Waals surface area contributed by atoms with Gasteiger partial charge in [-0.2, -0.15) is 8.42 Å². The molecule has 0 heterocycles. The Labute approximate surface area is 203 Å². The van der Waals surface area contributed by atoms with Crippen molar-refractivity contribution in [2.24, 2.45) is 10.2 Å². The highest BCUT2D eigenvalue weighted by atomic mass is 35.5. The van der Waals surface area contributed by atoms with Gasteiger partial charge in [0.25, 0.3) is 5.91 Å². The number of rotatable bonds is 5. The van der Waals surface area contributed by atoms with E-state index < -0.39 is 21.0 Å². The first-order valence-electron chi connectivity index (χ1n) is 9.61. The molecule has 0 aromatic heterocycles. The SMILES string of the molecule is O=C(Nc1ccc(S(=O)(=O)F)cc1)c1c(N=Nc2cc(Cl)ccc2Cl)cc2ccccc2c1O. The van der Waals surface area contributed by atoms with Crippen molar-refractivity contribution < 1.29 is 22.2 Å². The number of phenolic OH excluding ortho intramolecular Hbond substituents is 1. The summed E-state index contributed by atoms with van der Waals surface area (Å²) in [5.41, 5.74) is 0.303. The van der Waals surface area contributed by atoms with Gasteiger partial charge in [-0.05, 0) is 53.9 Å². The maximum absolute atomic E-state index is 13.1. The maximum Gasteiger partial charge on any atom is 0.332 e. The summed E-state index contributed by atoms with van der Waals surface area (Å²) in [7, 11) is -4.88. The molecule has 11 heteroatoms. The number of carbonyl (C=O) groups excluding carboxylic acids is 1. The van der Waals surface area contributed by atoms with E-state index in [9.17, 15) is 22.2 Å². The van der Waals surface area contributed by atoms with Gasteiger partial charge >= 0.3 is 10.2 Å². The fourth-order valence-corrected chi connectivity index (χ4v) is 3.96. The molecule has 34 heavy (non-hydrogen) atoms. The highest BCUT2D eigenvalue weighted by Crippen LogP contribution is 2.38. The van der Waals surface area contributed by atoms with Gasteiger partial charge in [0.1, 0.15) is 22.7 Å². The fourth-order valence-electron chi connectivity index (χ4n) is 3.18. The van der Waals surface area contributed by atoms with E-state index in [1.807, 2.05) is 0 Å². The van der Waals surface area contributed by atoms with Gasteiger partial charge in [0.05, 0.1) is 9.92 Å². The van der Waals surface area contributed by atoms with Gasteiger partial charge in [-0.15, -0.1) is 14.1 Å². The Morgan fingerprint density at radius 3 is 2.29 bits per heavy atom. The summed E-state index contributed by atoms with van der Waals surface area (Å²) in [6.45, 7) is 0. The van der Waals surface area contributed by atoms with Crippen molar-refractivity contribution in [3.63, 3.8) is 0 Å². The van der Waals surface area contributed by atoms with Crippen LogP contribution in [0.15, 0.2) is 87.9 Å². The first-order chi connectivity index (χ1) is 16.1. The Balaban J connectivity index is 1.77. The number of phenols is 1. The molecule has 4 aromatic carbocycles. The molecule has 0 aliphatic carbocycles. The van der Waals surface area contributed by atoms with Crippen LogP contribution in [-0.4, -0.2) is 19.4 Å². The van der Waals surface area contributed by atoms with Crippen molar-refractivity contribution in [2.45, 2.75) is 4.90 Å². The average Bonchev–Trinajstić information content (AvgIpc) is 2.79. The summed E-state index contributed by atoms with van der Waals surface area (Å²) in [6.07, 6.45) is 0. The molecule has 0 saturated heterocycles. The molecule has 0 atom stereocenters. The zero-order chi connectivity index (χ0) is 24.5. The maximum atomic E-state index is 13.1. The lowest BCUT2D eigenvalue weighted by Gasteiger charge is -2.12. The van der Waals surface area contributed by atoms with Gasteiger partial charge < -0.3 is 10.4 Å². The molecule has 0 aliphatic rings.